The molecule has 2 aromatic rings. The van der Waals surface area contributed by atoms with Crippen LogP contribution in [0.15, 0.2) is 28.7 Å². The van der Waals surface area contributed by atoms with Gasteiger partial charge in [0.25, 0.3) is 0 Å². The molecule has 0 unspecified atom stereocenters. The van der Waals surface area contributed by atoms with Gasteiger partial charge in [-0.05, 0) is 18.2 Å². The number of benzene rings is 1. The van der Waals surface area contributed by atoms with Crippen molar-refractivity contribution in [3.8, 4) is 17.2 Å². The van der Waals surface area contributed by atoms with Crippen LogP contribution >= 0.6 is 0 Å². The molecule has 0 spiro atoms. The molecule has 2 heterocycles. The Morgan fingerprint density at radius 1 is 1.29 bits per heavy atom. The summed E-state index contributed by atoms with van der Waals surface area (Å²) < 4.78 is 16.2. The molecular weight excluding hydrogens is 312 g/mol. The molecule has 0 atom stereocenters. The Bertz CT molecular complexity index is 682. The van der Waals surface area contributed by atoms with Crippen LogP contribution in [-0.2, 0) is 4.74 Å². The highest BCUT2D eigenvalue weighted by Gasteiger charge is 2.17. The Morgan fingerprint density at radius 2 is 2.12 bits per heavy atom. The SMILES string of the molecule is Cc1nnc(-c2cccc(OCCOC(=O)N3CCNCC3)c2)o1. The van der Waals surface area contributed by atoms with E-state index in [1.54, 1.807) is 11.8 Å². The molecule has 8 nitrogen and oxygen atoms in total. The van der Waals surface area contributed by atoms with Gasteiger partial charge >= 0.3 is 6.09 Å². The van der Waals surface area contributed by atoms with Gasteiger partial charge in [0.1, 0.15) is 19.0 Å². The van der Waals surface area contributed by atoms with Gasteiger partial charge in [-0.25, -0.2) is 4.79 Å². The number of ether oxygens (including phenoxy) is 2. The van der Waals surface area contributed by atoms with Crippen LogP contribution in [0.3, 0.4) is 0 Å². The first kappa shape index (κ1) is 16.3. The molecular formula is C16H20N4O4. The quantitative estimate of drug-likeness (QED) is 0.829. The number of piperazine rings is 1. The summed E-state index contributed by atoms with van der Waals surface area (Å²) in [5.41, 5.74) is 0.783. The van der Waals surface area contributed by atoms with Gasteiger partial charge in [0.05, 0.1) is 0 Å². The topological polar surface area (TPSA) is 89.7 Å². The Kier molecular flexibility index (Phi) is 5.27. The lowest BCUT2D eigenvalue weighted by atomic mass is 10.2. The first-order chi connectivity index (χ1) is 11.7. The van der Waals surface area contributed by atoms with E-state index in [1.807, 2.05) is 24.3 Å². The van der Waals surface area contributed by atoms with E-state index in [4.69, 9.17) is 13.9 Å². The van der Waals surface area contributed by atoms with Gasteiger partial charge in [0, 0.05) is 38.7 Å². The van der Waals surface area contributed by atoms with Gasteiger partial charge in [-0.2, -0.15) is 0 Å². The van der Waals surface area contributed by atoms with Crippen LogP contribution in [0.5, 0.6) is 5.75 Å². The second kappa shape index (κ2) is 7.78. The summed E-state index contributed by atoms with van der Waals surface area (Å²) in [6.45, 7) is 5.16. The maximum absolute atomic E-state index is 11.8. The van der Waals surface area contributed by atoms with Crippen LogP contribution in [0, 0.1) is 6.92 Å². The van der Waals surface area contributed by atoms with Crippen molar-refractivity contribution in [3.63, 3.8) is 0 Å². The highest BCUT2D eigenvalue weighted by molar-refractivity contribution is 5.67. The van der Waals surface area contributed by atoms with Crippen molar-refractivity contribution < 1.29 is 18.7 Å². The molecule has 8 heteroatoms. The molecule has 128 valence electrons. The zero-order valence-corrected chi connectivity index (χ0v) is 13.5. The first-order valence-corrected chi connectivity index (χ1v) is 7.88. The zero-order chi connectivity index (χ0) is 16.8. The number of nitrogens with zero attached hydrogens (tertiary/aromatic N) is 3. The second-order valence-corrected chi connectivity index (χ2v) is 5.35. The van der Waals surface area contributed by atoms with Gasteiger partial charge in [-0.1, -0.05) is 6.07 Å². The van der Waals surface area contributed by atoms with E-state index in [9.17, 15) is 4.79 Å². The van der Waals surface area contributed by atoms with E-state index in [0.29, 0.717) is 30.6 Å². The molecule has 0 aliphatic carbocycles. The Hall–Kier alpha value is -2.61. The third kappa shape index (κ3) is 4.23. The highest BCUT2D eigenvalue weighted by Crippen LogP contribution is 2.22. The molecule has 1 aliphatic rings. The number of nitrogens with one attached hydrogen (secondary N) is 1. The number of amides is 1. The minimum atomic E-state index is -0.296. The predicted molar refractivity (Wildman–Crippen MR) is 85.8 cm³/mol. The summed E-state index contributed by atoms with van der Waals surface area (Å²) in [5, 5.41) is 11.0. The van der Waals surface area contributed by atoms with Crippen molar-refractivity contribution in [2.75, 3.05) is 39.4 Å². The van der Waals surface area contributed by atoms with Crippen molar-refractivity contribution >= 4 is 6.09 Å². The number of hydrogen-bond donors (Lipinski definition) is 1. The normalized spacial score (nSPS) is 14.5. The van der Waals surface area contributed by atoms with E-state index < -0.39 is 0 Å². The molecule has 3 rings (SSSR count). The fourth-order valence-electron chi connectivity index (χ4n) is 2.36. The van der Waals surface area contributed by atoms with Crippen LogP contribution < -0.4 is 10.1 Å². The van der Waals surface area contributed by atoms with Gasteiger partial charge < -0.3 is 24.1 Å². The summed E-state index contributed by atoms with van der Waals surface area (Å²) in [4.78, 5) is 13.5. The second-order valence-electron chi connectivity index (χ2n) is 5.35. The number of carbonyl (C=O) groups is 1. The summed E-state index contributed by atoms with van der Waals surface area (Å²) in [6.07, 6.45) is -0.296. The summed E-state index contributed by atoms with van der Waals surface area (Å²) in [5.74, 6) is 1.61. The largest absolute Gasteiger partial charge is 0.490 e. The van der Waals surface area contributed by atoms with Crippen molar-refractivity contribution in [1.29, 1.82) is 0 Å². The maximum Gasteiger partial charge on any atom is 0.409 e. The average molecular weight is 332 g/mol. The third-order valence-electron chi connectivity index (χ3n) is 3.56. The van der Waals surface area contributed by atoms with Gasteiger partial charge in [-0.3, -0.25) is 0 Å². The number of aryl methyl sites for hydroxylation is 1. The lowest BCUT2D eigenvalue weighted by molar-refractivity contribution is 0.0844. The van der Waals surface area contributed by atoms with Crippen LogP contribution in [0.1, 0.15) is 5.89 Å². The molecule has 0 radical (unpaired) electrons. The van der Waals surface area contributed by atoms with Gasteiger partial charge in [-0.15, -0.1) is 10.2 Å². The molecule has 1 amide bonds. The van der Waals surface area contributed by atoms with E-state index in [2.05, 4.69) is 15.5 Å². The molecule has 1 fully saturated rings. The van der Waals surface area contributed by atoms with Crippen LogP contribution in [0.25, 0.3) is 11.5 Å². The predicted octanol–water partition coefficient (Wildman–Crippen LogP) is 1.47. The fourth-order valence-corrected chi connectivity index (χ4v) is 2.36. The molecule has 1 aromatic carbocycles. The monoisotopic (exact) mass is 332 g/mol. The standard InChI is InChI=1S/C16H20N4O4/c1-12-18-19-15(24-12)13-3-2-4-14(11-13)22-9-10-23-16(21)20-7-5-17-6-8-20/h2-4,11,17H,5-10H2,1H3. The number of aromatic nitrogens is 2. The molecule has 24 heavy (non-hydrogen) atoms. The minimum absolute atomic E-state index is 0.201. The Labute approximate surface area is 139 Å². The summed E-state index contributed by atoms with van der Waals surface area (Å²) in [7, 11) is 0. The maximum atomic E-state index is 11.8. The molecule has 0 bridgehead atoms. The first-order valence-electron chi connectivity index (χ1n) is 7.88. The number of hydrogen-bond acceptors (Lipinski definition) is 7. The van der Waals surface area contributed by atoms with Crippen molar-refractivity contribution in [3.05, 3.63) is 30.2 Å². The number of carbonyl (C=O) groups excluding carboxylic acids is 1. The Balaban J connectivity index is 1.46. The van der Waals surface area contributed by atoms with E-state index in [-0.39, 0.29) is 19.3 Å². The smallest absolute Gasteiger partial charge is 0.409 e. The van der Waals surface area contributed by atoms with Crippen molar-refractivity contribution in [2.24, 2.45) is 0 Å². The Morgan fingerprint density at radius 3 is 2.88 bits per heavy atom. The van der Waals surface area contributed by atoms with E-state index in [0.717, 1.165) is 18.7 Å². The fraction of sp³-hybridized carbons (Fsp3) is 0.438. The molecule has 1 aliphatic heterocycles. The highest BCUT2D eigenvalue weighted by atomic mass is 16.6. The minimum Gasteiger partial charge on any atom is -0.490 e. The van der Waals surface area contributed by atoms with Crippen molar-refractivity contribution in [1.82, 2.24) is 20.4 Å². The molecule has 1 aromatic heterocycles. The summed E-state index contributed by atoms with van der Waals surface area (Å²) >= 11 is 0. The van der Waals surface area contributed by atoms with Crippen molar-refractivity contribution in [2.45, 2.75) is 6.92 Å². The molecule has 0 saturated carbocycles. The van der Waals surface area contributed by atoms with E-state index in [1.165, 1.54) is 0 Å². The van der Waals surface area contributed by atoms with Crippen LogP contribution in [0.2, 0.25) is 0 Å². The van der Waals surface area contributed by atoms with Gasteiger partial charge in [0.2, 0.25) is 11.8 Å². The summed E-state index contributed by atoms with van der Waals surface area (Å²) in [6, 6.07) is 7.34. The average Bonchev–Trinajstić information content (AvgIpc) is 3.06. The number of rotatable bonds is 5. The van der Waals surface area contributed by atoms with Gasteiger partial charge in [0.15, 0.2) is 0 Å². The third-order valence-corrected chi connectivity index (χ3v) is 3.56. The lowest BCUT2D eigenvalue weighted by Crippen LogP contribution is -2.46. The van der Waals surface area contributed by atoms with E-state index >= 15 is 0 Å². The molecule has 1 saturated heterocycles. The van der Waals surface area contributed by atoms with Crippen LogP contribution in [0.4, 0.5) is 4.79 Å². The lowest BCUT2D eigenvalue weighted by Gasteiger charge is -2.26. The van der Waals surface area contributed by atoms with Crippen LogP contribution in [-0.4, -0.2) is 60.6 Å². The molecule has 1 N–H and O–H groups in total. The zero-order valence-electron chi connectivity index (χ0n) is 13.5.